The summed E-state index contributed by atoms with van der Waals surface area (Å²) in [7, 11) is 0. The smallest absolute Gasteiger partial charge is 0.323 e. The number of carbonyl (C=O) groups is 2. The van der Waals surface area contributed by atoms with Crippen molar-refractivity contribution in [2.24, 2.45) is 0 Å². The average molecular weight is 675 g/mol. The van der Waals surface area contributed by atoms with Crippen molar-refractivity contribution >= 4 is 38.7 Å². The van der Waals surface area contributed by atoms with Gasteiger partial charge in [-0.1, -0.05) is 37.2 Å². The molecule has 1 aromatic carbocycles. The number of amides is 2. The zero-order valence-electron chi connectivity index (χ0n) is 28.3. The molecular weight excluding hydrogens is 629 g/mol. The van der Waals surface area contributed by atoms with Crippen molar-refractivity contribution in [1.82, 2.24) is 35.5 Å². The van der Waals surface area contributed by atoms with Crippen molar-refractivity contribution in [1.29, 1.82) is 0 Å². The van der Waals surface area contributed by atoms with Crippen LogP contribution in [0.3, 0.4) is 0 Å². The molecule has 0 bridgehead atoms. The lowest BCUT2D eigenvalue weighted by Crippen LogP contribution is -2.41. The number of thiazole rings is 1. The number of carbonyl (C=O) groups excluding carboxylic acids is 2. The van der Waals surface area contributed by atoms with Gasteiger partial charge < -0.3 is 20.1 Å². The summed E-state index contributed by atoms with van der Waals surface area (Å²) in [5.41, 5.74) is 3.10. The number of esters is 1. The summed E-state index contributed by atoms with van der Waals surface area (Å²) in [6, 6.07) is 9.71. The highest BCUT2D eigenvalue weighted by Crippen LogP contribution is 2.39. The van der Waals surface area contributed by atoms with Crippen LogP contribution in [0.5, 0.6) is 0 Å². The maximum Gasteiger partial charge on any atom is 0.323 e. The van der Waals surface area contributed by atoms with Crippen LogP contribution < -0.4 is 15.5 Å². The minimum Gasteiger partial charge on any atom is -0.450 e. The van der Waals surface area contributed by atoms with Crippen molar-refractivity contribution in [3.05, 3.63) is 54.7 Å². The number of unbranched alkanes of at least 4 members (excludes halogenated alkanes) is 2. The number of fused-ring (bicyclic) bond motifs is 1. The van der Waals surface area contributed by atoms with Crippen LogP contribution in [0.25, 0.3) is 32.6 Å². The van der Waals surface area contributed by atoms with E-state index in [0.29, 0.717) is 30.6 Å². The van der Waals surface area contributed by atoms with Gasteiger partial charge in [-0.15, -0.1) is 0 Å². The highest BCUT2D eigenvalue weighted by Gasteiger charge is 2.29. The molecule has 1 fully saturated rings. The number of ether oxygens (including phenoxy) is 2. The van der Waals surface area contributed by atoms with Gasteiger partial charge in [0.25, 0.3) is 0 Å². The predicted octanol–water partition coefficient (Wildman–Crippen LogP) is 5.24. The van der Waals surface area contributed by atoms with Gasteiger partial charge in [0.15, 0.2) is 16.6 Å². The zero-order chi connectivity index (χ0) is 33.9. The predicted molar refractivity (Wildman–Crippen MR) is 189 cm³/mol. The Labute approximate surface area is 286 Å². The molecule has 0 spiro atoms. The van der Waals surface area contributed by atoms with Gasteiger partial charge in [0.2, 0.25) is 0 Å². The summed E-state index contributed by atoms with van der Waals surface area (Å²) in [5, 5.41) is 6.75. The second-order valence-electron chi connectivity index (χ2n) is 12.2. The van der Waals surface area contributed by atoms with Crippen LogP contribution in [0.4, 0.5) is 9.93 Å². The molecule has 12 nitrogen and oxygen atoms in total. The van der Waals surface area contributed by atoms with Gasteiger partial charge in [-0.05, 0) is 57.0 Å². The fourth-order valence-corrected chi connectivity index (χ4v) is 6.57. The van der Waals surface area contributed by atoms with E-state index in [-0.39, 0.29) is 18.5 Å². The number of urea groups is 1. The third-order valence-electron chi connectivity index (χ3n) is 8.08. The number of nitrogens with zero attached hydrogens (tertiary/aromatic N) is 6. The second kappa shape index (κ2) is 16.9. The summed E-state index contributed by atoms with van der Waals surface area (Å²) in [4.78, 5) is 48.6. The van der Waals surface area contributed by atoms with E-state index >= 15 is 0 Å². The van der Waals surface area contributed by atoms with Gasteiger partial charge in [-0.3, -0.25) is 19.6 Å². The number of nitrogens with one attached hydrogen (secondary N) is 2. The Kier molecular flexibility index (Phi) is 12.4. The van der Waals surface area contributed by atoms with Crippen LogP contribution in [0.1, 0.15) is 52.8 Å². The highest BCUT2D eigenvalue weighted by molar-refractivity contribution is 7.23. The molecule has 0 radical (unpaired) electrons. The second-order valence-corrected chi connectivity index (χ2v) is 13.2. The first-order valence-corrected chi connectivity index (χ1v) is 17.6. The Morgan fingerprint density at radius 1 is 1.06 bits per heavy atom. The molecule has 3 aromatic heterocycles. The molecule has 4 aromatic rings. The summed E-state index contributed by atoms with van der Waals surface area (Å²) in [6.45, 7) is 13.7. The van der Waals surface area contributed by atoms with E-state index < -0.39 is 5.60 Å². The minimum atomic E-state index is -1.02. The van der Waals surface area contributed by atoms with E-state index in [0.717, 1.165) is 84.7 Å². The van der Waals surface area contributed by atoms with Crippen LogP contribution in [0.2, 0.25) is 0 Å². The van der Waals surface area contributed by atoms with Crippen LogP contribution in [0.15, 0.2) is 48.9 Å². The van der Waals surface area contributed by atoms with E-state index in [2.05, 4.69) is 43.5 Å². The molecular formula is C35H46N8O4S. The molecule has 1 aliphatic rings. The highest BCUT2D eigenvalue weighted by atomic mass is 32.1. The van der Waals surface area contributed by atoms with E-state index in [1.54, 1.807) is 37.3 Å². The standard InChI is InChI=1S/C35H46N8O4S/c1-5-7-10-14-43(33(45)37-6-2)34-41-29-21-25(20-27(31(29)48-34)28-11-8-9-12-38-28)26-22-39-32(40-23-26)35(3,4)47-30(44)24-36-13-15-42-16-18-46-19-17-42/h8-9,11-12,20-23,36H,5-7,10,13-19,24H2,1-4H3,(H,37,45). The largest absolute Gasteiger partial charge is 0.450 e. The molecule has 4 heterocycles. The zero-order valence-corrected chi connectivity index (χ0v) is 29.1. The molecule has 1 saturated heterocycles. The molecule has 256 valence electrons. The summed E-state index contributed by atoms with van der Waals surface area (Å²) < 4.78 is 12.1. The first-order valence-electron chi connectivity index (χ1n) is 16.8. The maximum atomic E-state index is 13.1. The Bertz CT molecular complexity index is 1640. The molecule has 0 atom stereocenters. The quantitative estimate of drug-likeness (QED) is 0.127. The van der Waals surface area contributed by atoms with E-state index in [9.17, 15) is 9.59 Å². The van der Waals surface area contributed by atoms with Crippen LogP contribution in [0, 0.1) is 0 Å². The molecule has 13 heteroatoms. The van der Waals surface area contributed by atoms with Crippen molar-refractivity contribution in [2.45, 2.75) is 52.6 Å². The molecule has 0 saturated carbocycles. The molecule has 2 N–H and O–H groups in total. The summed E-state index contributed by atoms with van der Waals surface area (Å²) in [6.07, 6.45) is 8.22. The normalized spacial score (nSPS) is 13.8. The Morgan fingerprint density at radius 2 is 1.85 bits per heavy atom. The topological polar surface area (TPSA) is 135 Å². The van der Waals surface area contributed by atoms with Gasteiger partial charge >= 0.3 is 12.0 Å². The van der Waals surface area contributed by atoms with E-state index in [4.69, 9.17) is 14.5 Å². The third-order valence-corrected chi connectivity index (χ3v) is 9.21. The number of anilines is 1. The summed E-state index contributed by atoms with van der Waals surface area (Å²) >= 11 is 1.49. The average Bonchev–Trinajstić information content (AvgIpc) is 3.53. The number of rotatable bonds is 15. The van der Waals surface area contributed by atoms with Crippen molar-refractivity contribution in [2.75, 3.05) is 63.9 Å². The molecule has 0 aliphatic carbocycles. The number of aromatic nitrogens is 4. The van der Waals surface area contributed by atoms with Gasteiger partial charge in [-0.25, -0.2) is 19.7 Å². The Balaban J connectivity index is 1.35. The fourth-order valence-electron chi connectivity index (χ4n) is 5.47. The van der Waals surface area contributed by atoms with E-state index in [1.165, 1.54) is 11.3 Å². The first-order chi connectivity index (χ1) is 23.3. The van der Waals surface area contributed by atoms with Crippen LogP contribution in [-0.2, 0) is 19.9 Å². The van der Waals surface area contributed by atoms with Crippen LogP contribution >= 0.6 is 11.3 Å². The van der Waals surface area contributed by atoms with Crippen LogP contribution in [-0.4, -0.2) is 95.9 Å². The number of hydrogen-bond acceptors (Lipinski definition) is 11. The van der Waals surface area contributed by atoms with Crippen molar-refractivity contribution in [3.8, 4) is 22.4 Å². The number of pyridine rings is 1. The fraction of sp³-hybridized carbons (Fsp3) is 0.486. The molecule has 48 heavy (non-hydrogen) atoms. The lowest BCUT2D eigenvalue weighted by Gasteiger charge is -2.26. The third kappa shape index (κ3) is 9.10. The van der Waals surface area contributed by atoms with E-state index in [1.807, 2.05) is 31.2 Å². The van der Waals surface area contributed by atoms with Gasteiger partial charge in [0.05, 0.1) is 35.7 Å². The maximum absolute atomic E-state index is 13.1. The number of benzene rings is 1. The molecule has 0 unspecified atom stereocenters. The first kappa shape index (κ1) is 35.3. The molecule has 5 rings (SSSR count). The Hall–Kier alpha value is -4.04. The van der Waals surface area contributed by atoms with Gasteiger partial charge in [-0.2, -0.15) is 0 Å². The van der Waals surface area contributed by atoms with Gasteiger partial charge in [0.1, 0.15) is 0 Å². The SMILES string of the molecule is CCCCCN(C(=O)NCC)c1nc2cc(-c3cnc(C(C)(C)OC(=O)CNCCN4CCOCC4)nc3)cc(-c3ccccn3)c2s1. The van der Waals surface area contributed by atoms with Gasteiger partial charge in [0, 0.05) is 69.0 Å². The number of morpholine rings is 1. The Morgan fingerprint density at radius 3 is 2.56 bits per heavy atom. The lowest BCUT2D eigenvalue weighted by atomic mass is 10.0. The minimum absolute atomic E-state index is 0.105. The lowest BCUT2D eigenvalue weighted by molar-refractivity contribution is -0.157. The monoisotopic (exact) mass is 674 g/mol. The van der Waals surface area contributed by atoms with Crippen molar-refractivity contribution in [3.63, 3.8) is 0 Å². The van der Waals surface area contributed by atoms with Crippen molar-refractivity contribution < 1.29 is 19.1 Å². The molecule has 2 amide bonds. The molecule has 1 aliphatic heterocycles. The number of hydrogen-bond donors (Lipinski definition) is 2. The summed E-state index contributed by atoms with van der Waals surface area (Å²) in [5.74, 6) is 0.0374.